The maximum Gasteiger partial charge on any atom is 0.00506 e. The van der Waals surface area contributed by atoms with Gasteiger partial charge in [-0.3, -0.25) is 0 Å². The summed E-state index contributed by atoms with van der Waals surface area (Å²) in [6.45, 7) is 16.8. The van der Waals surface area contributed by atoms with Crippen molar-refractivity contribution in [3.8, 4) is 0 Å². The first kappa shape index (κ1) is 20.3. The van der Waals surface area contributed by atoms with E-state index in [0.29, 0.717) is 17.3 Å². The van der Waals surface area contributed by atoms with E-state index in [1.165, 1.54) is 0 Å². The van der Waals surface area contributed by atoms with Crippen LogP contribution in [0.4, 0.5) is 0 Å². The lowest BCUT2D eigenvalue weighted by Gasteiger charge is -2.19. The fourth-order valence-corrected chi connectivity index (χ4v) is 1.41. The average molecular weight is 262 g/mol. The molecule has 0 bridgehead atoms. The van der Waals surface area contributed by atoms with Crippen LogP contribution in [0, 0.1) is 17.3 Å². The van der Waals surface area contributed by atoms with Gasteiger partial charge in [0.2, 0.25) is 0 Å². The molecule has 0 radical (unpaired) electrons. The number of hydrogen-bond acceptors (Lipinski definition) is 0. The van der Waals surface area contributed by atoms with Crippen molar-refractivity contribution in [2.75, 3.05) is 0 Å². The Labute approximate surface area is 122 Å². The van der Waals surface area contributed by atoms with Crippen LogP contribution < -0.4 is 0 Å². The molecule has 110 valence electrons. The monoisotopic (exact) mass is 262 g/mol. The third-order valence-electron chi connectivity index (χ3n) is 2.00. The second-order valence-corrected chi connectivity index (χ2v) is 5.69. The zero-order valence-corrected chi connectivity index (χ0v) is 14.3. The van der Waals surface area contributed by atoms with Crippen molar-refractivity contribution < 1.29 is 0 Å². The summed E-state index contributed by atoms with van der Waals surface area (Å²) in [5.74, 6) is 1.24. The van der Waals surface area contributed by atoms with Gasteiger partial charge in [-0.25, -0.2) is 0 Å². The van der Waals surface area contributed by atoms with Crippen LogP contribution in [-0.4, -0.2) is 0 Å². The van der Waals surface area contributed by atoms with Gasteiger partial charge in [-0.1, -0.05) is 104 Å². The van der Waals surface area contributed by atoms with E-state index in [9.17, 15) is 0 Å². The SMILES string of the molecule is C1=CC2C=CC=CC2C=C1.CC.CC.CC(C)(C)C. The van der Waals surface area contributed by atoms with E-state index in [4.69, 9.17) is 0 Å². The van der Waals surface area contributed by atoms with Gasteiger partial charge >= 0.3 is 0 Å². The van der Waals surface area contributed by atoms with Crippen LogP contribution in [0.3, 0.4) is 0 Å². The van der Waals surface area contributed by atoms with Gasteiger partial charge in [-0.2, -0.15) is 0 Å². The zero-order valence-electron chi connectivity index (χ0n) is 14.3. The molecular formula is C19H34. The molecule has 0 amide bonds. The van der Waals surface area contributed by atoms with Crippen molar-refractivity contribution >= 4 is 0 Å². The molecule has 2 aliphatic rings. The summed E-state index contributed by atoms with van der Waals surface area (Å²) in [7, 11) is 0. The molecule has 0 aliphatic heterocycles. The zero-order chi connectivity index (χ0) is 15.3. The van der Waals surface area contributed by atoms with Crippen LogP contribution in [0.2, 0.25) is 0 Å². The molecule has 0 atom stereocenters. The molecule has 2 rings (SSSR count). The van der Waals surface area contributed by atoms with Crippen LogP contribution in [-0.2, 0) is 0 Å². The van der Waals surface area contributed by atoms with Gasteiger partial charge in [0.1, 0.15) is 0 Å². The van der Waals surface area contributed by atoms with E-state index >= 15 is 0 Å². The van der Waals surface area contributed by atoms with Crippen molar-refractivity contribution in [3.63, 3.8) is 0 Å². The predicted molar refractivity (Wildman–Crippen MR) is 91.4 cm³/mol. The van der Waals surface area contributed by atoms with Crippen LogP contribution >= 0.6 is 0 Å². The number of rotatable bonds is 0. The number of hydrogen-bond donors (Lipinski definition) is 0. The maximum atomic E-state index is 2.24. The highest BCUT2D eigenvalue weighted by Crippen LogP contribution is 2.24. The highest BCUT2D eigenvalue weighted by Gasteiger charge is 2.13. The van der Waals surface area contributed by atoms with Gasteiger partial charge in [0.25, 0.3) is 0 Å². The summed E-state index contributed by atoms with van der Waals surface area (Å²) in [5, 5.41) is 0. The fraction of sp³-hybridized carbons (Fsp3) is 0.579. The molecule has 0 heteroatoms. The molecular weight excluding hydrogens is 228 g/mol. The van der Waals surface area contributed by atoms with Crippen LogP contribution in [0.25, 0.3) is 0 Å². The Balaban J connectivity index is 0. The Morgan fingerprint density at radius 1 is 0.526 bits per heavy atom. The van der Waals surface area contributed by atoms with Crippen molar-refractivity contribution in [1.29, 1.82) is 0 Å². The van der Waals surface area contributed by atoms with Crippen LogP contribution in [0.1, 0.15) is 55.4 Å². The lowest BCUT2D eigenvalue weighted by molar-refractivity contribution is 0.469. The van der Waals surface area contributed by atoms with Gasteiger partial charge in [0, 0.05) is 11.8 Å². The third kappa shape index (κ3) is 13.2. The fourth-order valence-electron chi connectivity index (χ4n) is 1.41. The van der Waals surface area contributed by atoms with Crippen molar-refractivity contribution in [3.05, 3.63) is 48.6 Å². The number of fused-ring (bicyclic) bond motifs is 1. The summed E-state index contributed by atoms with van der Waals surface area (Å²) in [6.07, 6.45) is 17.4. The minimum atomic E-state index is 0.500. The summed E-state index contributed by atoms with van der Waals surface area (Å²) < 4.78 is 0. The van der Waals surface area contributed by atoms with Crippen LogP contribution in [0.5, 0.6) is 0 Å². The van der Waals surface area contributed by atoms with Crippen molar-refractivity contribution in [1.82, 2.24) is 0 Å². The van der Waals surface area contributed by atoms with Crippen molar-refractivity contribution in [2.45, 2.75) is 55.4 Å². The van der Waals surface area contributed by atoms with Gasteiger partial charge < -0.3 is 0 Å². The molecule has 0 saturated heterocycles. The van der Waals surface area contributed by atoms with Gasteiger partial charge in [0.05, 0.1) is 0 Å². The smallest absolute Gasteiger partial charge is 0.00506 e. The standard InChI is InChI=1S/C10H10.C5H12.2C2H6/c1-2-6-10-8-4-3-7-9(10)5-1;1-5(2,3)4;2*1-2/h1-10H;1-4H3;2*1-2H3. The number of allylic oxidation sites excluding steroid dienone is 8. The molecule has 0 N–H and O–H groups in total. The molecule has 19 heavy (non-hydrogen) atoms. The highest BCUT2D eigenvalue weighted by molar-refractivity contribution is 5.27. The Morgan fingerprint density at radius 3 is 0.842 bits per heavy atom. The van der Waals surface area contributed by atoms with Crippen LogP contribution in [0.15, 0.2) is 48.6 Å². The molecule has 2 aliphatic carbocycles. The maximum absolute atomic E-state index is 2.24. The van der Waals surface area contributed by atoms with E-state index in [0.717, 1.165) is 0 Å². The lowest BCUT2D eigenvalue weighted by atomic mass is 9.85. The molecule has 0 aromatic rings. The van der Waals surface area contributed by atoms with Crippen molar-refractivity contribution in [2.24, 2.45) is 17.3 Å². The highest BCUT2D eigenvalue weighted by atomic mass is 14.2. The van der Waals surface area contributed by atoms with E-state index in [-0.39, 0.29) is 0 Å². The Morgan fingerprint density at radius 2 is 0.684 bits per heavy atom. The largest absolute Gasteiger partial charge is 0.0767 e. The third-order valence-corrected chi connectivity index (χ3v) is 2.00. The summed E-state index contributed by atoms with van der Waals surface area (Å²) in [6, 6.07) is 0. The van der Waals surface area contributed by atoms with Gasteiger partial charge in [-0.05, 0) is 5.41 Å². The molecule has 0 nitrogen and oxygen atoms in total. The molecule has 0 saturated carbocycles. The Bertz CT molecular complexity index is 238. The minimum Gasteiger partial charge on any atom is -0.0767 e. The molecule has 0 aromatic carbocycles. The topological polar surface area (TPSA) is 0 Å². The normalized spacial score (nSPS) is 21.9. The van der Waals surface area contributed by atoms with Gasteiger partial charge in [0.15, 0.2) is 0 Å². The quantitative estimate of drug-likeness (QED) is 0.463. The first-order valence-corrected chi connectivity index (χ1v) is 7.67. The second kappa shape index (κ2) is 12.0. The summed E-state index contributed by atoms with van der Waals surface area (Å²) in [5.41, 5.74) is 0.500. The molecule has 0 unspecified atom stereocenters. The second-order valence-electron chi connectivity index (χ2n) is 5.69. The minimum absolute atomic E-state index is 0.500. The molecule has 0 fully saturated rings. The van der Waals surface area contributed by atoms with E-state index < -0.39 is 0 Å². The van der Waals surface area contributed by atoms with Gasteiger partial charge in [-0.15, -0.1) is 0 Å². The average Bonchev–Trinajstić information content (AvgIpc) is 2.42. The van der Waals surface area contributed by atoms with E-state index in [1.807, 2.05) is 27.7 Å². The molecule has 0 spiro atoms. The lowest BCUT2D eigenvalue weighted by Crippen LogP contribution is -2.09. The Kier molecular flexibility index (Phi) is 12.8. The Hall–Kier alpha value is -1.04. The van der Waals surface area contributed by atoms with E-state index in [2.05, 4.69) is 76.3 Å². The first-order chi connectivity index (χ1) is 8.97. The molecule has 0 aromatic heterocycles. The van der Waals surface area contributed by atoms with E-state index in [1.54, 1.807) is 0 Å². The first-order valence-electron chi connectivity index (χ1n) is 7.67. The summed E-state index contributed by atoms with van der Waals surface area (Å²) >= 11 is 0. The molecule has 0 heterocycles. The predicted octanol–water partition coefficient (Wildman–Crippen LogP) is 6.58. The summed E-state index contributed by atoms with van der Waals surface area (Å²) in [4.78, 5) is 0.